The summed E-state index contributed by atoms with van der Waals surface area (Å²) in [6.07, 6.45) is 0.122. The fraction of sp³-hybridized carbons (Fsp3) is 0.400. The van der Waals surface area contributed by atoms with Crippen LogP contribution in [0.3, 0.4) is 0 Å². The van der Waals surface area contributed by atoms with Crippen molar-refractivity contribution >= 4 is 0 Å². The Labute approximate surface area is 117 Å². The van der Waals surface area contributed by atoms with Gasteiger partial charge in [0.25, 0.3) is 0 Å². The molecule has 0 amide bonds. The maximum Gasteiger partial charge on any atom is 0.229 e. The largest absolute Gasteiger partial charge is 0.392 e. The van der Waals surface area contributed by atoms with Gasteiger partial charge in [0.15, 0.2) is 5.82 Å². The van der Waals surface area contributed by atoms with Crippen molar-refractivity contribution < 1.29 is 9.63 Å². The lowest BCUT2D eigenvalue weighted by Crippen LogP contribution is -2.09. The molecule has 1 heterocycles. The number of benzene rings is 1. The van der Waals surface area contributed by atoms with E-state index in [0.29, 0.717) is 18.1 Å². The lowest BCUT2D eigenvalue weighted by molar-refractivity contribution is 0.167. The number of hydrogen-bond donors (Lipinski definition) is 1. The van der Waals surface area contributed by atoms with E-state index < -0.39 is 6.10 Å². The summed E-state index contributed by atoms with van der Waals surface area (Å²) in [7, 11) is 0. The third-order valence-corrected chi connectivity index (χ3v) is 2.89. The number of aromatic nitrogens is 2. The van der Waals surface area contributed by atoms with Gasteiger partial charge < -0.3 is 9.63 Å². The van der Waals surface area contributed by atoms with Gasteiger partial charge in [0.05, 0.1) is 25.0 Å². The van der Waals surface area contributed by atoms with Crippen molar-refractivity contribution in [1.82, 2.24) is 10.1 Å². The van der Waals surface area contributed by atoms with Gasteiger partial charge in [0, 0.05) is 6.42 Å². The molecule has 5 heteroatoms. The van der Waals surface area contributed by atoms with Gasteiger partial charge in [-0.3, -0.25) is 0 Å². The summed E-state index contributed by atoms with van der Waals surface area (Å²) in [6.45, 7) is 4.10. The molecule has 0 fully saturated rings. The standard InChI is InChI=1S/C15H17N3O2/c1-10-5-11(2)7-12(6-10)8-14-17-15(20-18-14)9-13(19)3-4-16/h5-7,13,19H,3,8-9H2,1-2H3. The van der Waals surface area contributed by atoms with Crippen LogP contribution in [-0.4, -0.2) is 21.4 Å². The van der Waals surface area contributed by atoms with Crippen LogP contribution >= 0.6 is 0 Å². The third-order valence-electron chi connectivity index (χ3n) is 2.89. The smallest absolute Gasteiger partial charge is 0.229 e. The molecule has 0 aliphatic heterocycles. The molecule has 5 nitrogen and oxygen atoms in total. The Morgan fingerprint density at radius 2 is 2.00 bits per heavy atom. The van der Waals surface area contributed by atoms with E-state index in [9.17, 15) is 5.11 Å². The molecule has 0 saturated carbocycles. The topological polar surface area (TPSA) is 82.9 Å². The highest BCUT2D eigenvalue weighted by molar-refractivity contribution is 5.30. The number of nitriles is 1. The molecule has 0 saturated heterocycles. The van der Waals surface area contributed by atoms with E-state index in [1.807, 2.05) is 6.07 Å². The zero-order valence-electron chi connectivity index (χ0n) is 11.6. The van der Waals surface area contributed by atoms with Crippen LogP contribution in [-0.2, 0) is 12.8 Å². The van der Waals surface area contributed by atoms with E-state index in [0.717, 1.165) is 5.56 Å². The fourth-order valence-corrected chi connectivity index (χ4v) is 2.18. The predicted octanol–water partition coefficient (Wildman–Crippen LogP) is 2.09. The number of aryl methyl sites for hydroxylation is 2. The minimum atomic E-state index is -0.755. The molecule has 0 bridgehead atoms. The number of nitrogens with zero attached hydrogens (tertiary/aromatic N) is 3. The van der Waals surface area contributed by atoms with E-state index in [-0.39, 0.29) is 12.8 Å². The van der Waals surface area contributed by atoms with Gasteiger partial charge in [-0.2, -0.15) is 10.2 Å². The van der Waals surface area contributed by atoms with Crippen LogP contribution in [0.15, 0.2) is 22.7 Å². The predicted molar refractivity (Wildman–Crippen MR) is 73.0 cm³/mol. The number of rotatable bonds is 5. The molecule has 0 spiro atoms. The minimum absolute atomic E-state index is 0.0643. The van der Waals surface area contributed by atoms with Crippen LogP contribution in [0, 0.1) is 25.2 Å². The third kappa shape index (κ3) is 3.90. The van der Waals surface area contributed by atoms with Crippen molar-refractivity contribution in [3.8, 4) is 6.07 Å². The Morgan fingerprint density at radius 3 is 2.65 bits per heavy atom. The van der Waals surface area contributed by atoms with Gasteiger partial charge >= 0.3 is 0 Å². The van der Waals surface area contributed by atoms with E-state index in [2.05, 4.69) is 42.2 Å². The summed E-state index contributed by atoms with van der Waals surface area (Å²) < 4.78 is 5.08. The van der Waals surface area contributed by atoms with Crippen LogP contribution in [0.4, 0.5) is 0 Å². The highest BCUT2D eigenvalue weighted by atomic mass is 16.5. The second-order valence-corrected chi connectivity index (χ2v) is 5.00. The van der Waals surface area contributed by atoms with E-state index in [1.165, 1.54) is 11.1 Å². The molecule has 1 N–H and O–H groups in total. The van der Waals surface area contributed by atoms with Crippen LogP contribution in [0.25, 0.3) is 0 Å². The molecule has 1 aromatic heterocycles. The Balaban J connectivity index is 2.04. The van der Waals surface area contributed by atoms with Gasteiger partial charge in [-0.1, -0.05) is 34.5 Å². The molecule has 0 aliphatic rings. The van der Waals surface area contributed by atoms with Crippen molar-refractivity contribution in [3.05, 3.63) is 46.6 Å². The summed E-state index contributed by atoms with van der Waals surface area (Å²) in [5, 5.41) is 21.9. The van der Waals surface area contributed by atoms with Crippen molar-refractivity contribution in [3.63, 3.8) is 0 Å². The lowest BCUT2D eigenvalue weighted by Gasteiger charge is -2.02. The van der Waals surface area contributed by atoms with Gasteiger partial charge in [-0.15, -0.1) is 0 Å². The van der Waals surface area contributed by atoms with Gasteiger partial charge in [-0.05, 0) is 19.4 Å². The molecule has 104 valence electrons. The van der Waals surface area contributed by atoms with Crippen LogP contribution in [0.2, 0.25) is 0 Å². The van der Waals surface area contributed by atoms with E-state index >= 15 is 0 Å². The average Bonchev–Trinajstić information content (AvgIpc) is 2.75. The molecule has 1 atom stereocenters. The summed E-state index contributed by atoms with van der Waals surface area (Å²) in [6, 6.07) is 8.20. The molecular weight excluding hydrogens is 254 g/mol. The summed E-state index contributed by atoms with van der Waals surface area (Å²) in [5.74, 6) is 0.960. The minimum Gasteiger partial charge on any atom is -0.392 e. The highest BCUT2D eigenvalue weighted by Gasteiger charge is 2.12. The van der Waals surface area contributed by atoms with Crippen molar-refractivity contribution in [2.45, 2.75) is 39.2 Å². The van der Waals surface area contributed by atoms with E-state index in [1.54, 1.807) is 0 Å². The quantitative estimate of drug-likeness (QED) is 0.900. The van der Waals surface area contributed by atoms with Gasteiger partial charge in [0.1, 0.15) is 0 Å². The first-order valence-electron chi connectivity index (χ1n) is 6.50. The van der Waals surface area contributed by atoms with Crippen molar-refractivity contribution in [2.75, 3.05) is 0 Å². The van der Waals surface area contributed by atoms with E-state index in [4.69, 9.17) is 9.78 Å². The molecule has 0 aliphatic carbocycles. The molecule has 0 radical (unpaired) electrons. The molecular formula is C15H17N3O2. The lowest BCUT2D eigenvalue weighted by atomic mass is 10.1. The van der Waals surface area contributed by atoms with Crippen LogP contribution in [0.1, 0.15) is 34.8 Å². The average molecular weight is 271 g/mol. The molecule has 2 rings (SSSR count). The Kier molecular flexibility index (Phi) is 4.49. The first-order valence-corrected chi connectivity index (χ1v) is 6.50. The first-order chi connectivity index (χ1) is 9.56. The number of aliphatic hydroxyl groups is 1. The zero-order chi connectivity index (χ0) is 14.5. The Hall–Kier alpha value is -2.19. The van der Waals surface area contributed by atoms with Gasteiger partial charge in [-0.25, -0.2) is 0 Å². The molecule has 2 aromatic rings. The fourth-order valence-electron chi connectivity index (χ4n) is 2.18. The number of hydrogen-bond acceptors (Lipinski definition) is 5. The maximum atomic E-state index is 9.52. The highest BCUT2D eigenvalue weighted by Crippen LogP contribution is 2.13. The normalized spacial score (nSPS) is 12.1. The van der Waals surface area contributed by atoms with Gasteiger partial charge in [0.2, 0.25) is 5.89 Å². The van der Waals surface area contributed by atoms with Crippen molar-refractivity contribution in [2.24, 2.45) is 0 Å². The Morgan fingerprint density at radius 1 is 1.30 bits per heavy atom. The summed E-state index contributed by atoms with van der Waals surface area (Å²) in [4.78, 5) is 4.24. The molecule has 1 aromatic carbocycles. The second-order valence-electron chi connectivity index (χ2n) is 5.00. The second kappa shape index (κ2) is 6.31. The summed E-state index contributed by atoms with van der Waals surface area (Å²) in [5.41, 5.74) is 3.54. The molecule has 20 heavy (non-hydrogen) atoms. The Bertz CT molecular complexity index is 608. The zero-order valence-corrected chi connectivity index (χ0v) is 11.6. The summed E-state index contributed by atoms with van der Waals surface area (Å²) >= 11 is 0. The molecule has 1 unspecified atom stereocenters. The van der Waals surface area contributed by atoms with Crippen LogP contribution < -0.4 is 0 Å². The van der Waals surface area contributed by atoms with Crippen molar-refractivity contribution in [1.29, 1.82) is 5.26 Å². The monoisotopic (exact) mass is 271 g/mol. The SMILES string of the molecule is Cc1cc(C)cc(Cc2noc(CC(O)CC#N)n2)c1. The maximum absolute atomic E-state index is 9.52. The number of aliphatic hydroxyl groups excluding tert-OH is 1. The van der Waals surface area contributed by atoms with Crippen LogP contribution in [0.5, 0.6) is 0 Å². The first kappa shape index (κ1) is 14.2.